The highest BCUT2D eigenvalue weighted by Gasteiger charge is 2.53. The molecule has 0 fully saturated rings. The van der Waals surface area contributed by atoms with Gasteiger partial charge in [-0.2, -0.15) is 11.3 Å². The molecule has 0 saturated heterocycles. The second-order valence-electron chi connectivity index (χ2n) is 8.35. The summed E-state index contributed by atoms with van der Waals surface area (Å²) in [6.45, 7) is 7.78. The molecule has 3 atom stereocenters. The van der Waals surface area contributed by atoms with Gasteiger partial charge in [0, 0.05) is 22.0 Å². The van der Waals surface area contributed by atoms with E-state index in [1.807, 2.05) is 66.4 Å². The van der Waals surface area contributed by atoms with E-state index in [1.54, 1.807) is 25.2 Å². The zero-order chi connectivity index (χ0) is 25.0. The highest BCUT2D eigenvalue weighted by Crippen LogP contribution is 2.42. The number of aromatic nitrogens is 1. The van der Waals surface area contributed by atoms with E-state index in [9.17, 15) is 9.59 Å². The van der Waals surface area contributed by atoms with Gasteiger partial charge in [-0.15, -0.1) is 11.3 Å². The van der Waals surface area contributed by atoms with Crippen molar-refractivity contribution in [2.24, 2.45) is 5.92 Å². The number of hydrogen-bond donors (Lipinski definition) is 2. The fourth-order valence-corrected chi connectivity index (χ4v) is 5.98. The number of carbonyl (C=O) groups excluding carboxylic acids is 2. The number of hydrogen-bond acceptors (Lipinski definition) is 9. The molecule has 0 saturated carbocycles. The van der Waals surface area contributed by atoms with Gasteiger partial charge in [0.1, 0.15) is 5.92 Å². The van der Waals surface area contributed by atoms with Crippen LogP contribution in [-0.4, -0.2) is 36.2 Å². The maximum Gasteiger partial charge on any atom is 0.337 e. The molecule has 3 heterocycles. The van der Waals surface area contributed by atoms with Crippen molar-refractivity contribution in [3.8, 4) is 11.3 Å². The van der Waals surface area contributed by atoms with Crippen molar-refractivity contribution >= 4 is 39.7 Å². The quantitative estimate of drug-likeness (QED) is 0.403. The highest BCUT2D eigenvalue weighted by atomic mass is 32.1. The Morgan fingerprint density at radius 3 is 2.51 bits per heavy atom. The third-order valence-corrected chi connectivity index (χ3v) is 7.58. The zero-order valence-electron chi connectivity index (χ0n) is 20.2. The maximum atomic E-state index is 13.5. The number of anilines is 1. The molecule has 0 amide bonds. The molecule has 0 bridgehead atoms. The van der Waals surface area contributed by atoms with E-state index in [0.29, 0.717) is 16.4 Å². The predicted octanol–water partition coefficient (Wildman–Crippen LogP) is 5.19. The zero-order valence-corrected chi connectivity index (χ0v) is 21.8. The Labute approximate surface area is 213 Å². The van der Waals surface area contributed by atoms with Crippen molar-refractivity contribution in [3.05, 3.63) is 69.4 Å². The molecule has 35 heavy (non-hydrogen) atoms. The normalized spacial score (nSPS) is 21.8. The number of esters is 2. The molecular formula is C26H29N3O4S2. The lowest BCUT2D eigenvalue weighted by Gasteiger charge is -2.47. The van der Waals surface area contributed by atoms with Crippen LogP contribution in [0.1, 0.15) is 33.3 Å². The van der Waals surface area contributed by atoms with Crippen LogP contribution in [0.5, 0.6) is 0 Å². The summed E-state index contributed by atoms with van der Waals surface area (Å²) in [5.41, 5.74) is 2.93. The highest BCUT2D eigenvalue weighted by molar-refractivity contribution is 7.14. The standard InChI is InChI=1S/C26H29N3O4S2/c1-5-32-23(30)20-16(3)29-26(4,18-10-8-7-9-11-18)21(24(31)33-6-2)22(20)28-25-27-19(15-35-25)17-12-13-34-14-17/h7-15,21-22,29H,5-6H2,1-4H3,(H,27,28). The van der Waals surface area contributed by atoms with Gasteiger partial charge >= 0.3 is 11.9 Å². The molecule has 184 valence electrons. The molecule has 4 rings (SSSR count). The molecule has 0 spiro atoms. The Morgan fingerprint density at radius 1 is 1.11 bits per heavy atom. The number of benzene rings is 1. The summed E-state index contributed by atoms with van der Waals surface area (Å²) in [5, 5.41) is 13.5. The van der Waals surface area contributed by atoms with Crippen molar-refractivity contribution in [2.75, 3.05) is 18.5 Å². The first kappa shape index (κ1) is 24.9. The molecule has 1 aliphatic heterocycles. The average molecular weight is 512 g/mol. The van der Waals surface area contributed by atoms with Crippen molar-refractivity contribution in [1.82, 2.24) is 10.3 Å². The summed E-state index contributed by atoms with van der Waals surface area (Å²) in [6, 6.07) is 11.0. The lowest BCUT2D eigenvalue weighted by molar-refractivity contribution is -0.152. The van der Waals surface area contributed by atoms with Crippen molar-refractivity contribution in [3.63, 3.8) is 0 Å². The number of thiazole rings is 1. The number of nitrogens with zero attached hydrogens (tertiary/aromatic N) is 1. The molecule has 2 N–H and O–H groups in total. The fraction of sp³-hybridized carbons (Fsp3) is 0.346. The first-order valence-electron chi connectivity index (χ1n) is 11.5. The van der Waals surface area contributed by atoms with Gasteiger partial charge in [-0.25, -0.2) is 9.78 Å². The maximum absolute atomic E-state index is 13.5. The van der Waals surface area contributed by atoms with E-state index in [0.717, 1.165) is 16.8 Å². The number of rotatable bonds is 8. The van der Waals surface area contributed by atoms with Crippen LogP contribution < -0.4 is 10.6 Å². The number of allylic oxidation sites excluding steroid dienone is 1. The topological polar surface area (TPSA) is 89.5 Å². The van der Waals surface area contributed by atoms with Gasteiger partial charge in [-0.05, 0) is 44.7 Å². The van der Waals surface area contributed by atoms with Crippen LogP contribution in [0.4, 0.5) is 5.13 Å². The van der Waals surface area contributed by atoms with E-state index in [4.69, 9.17) is 14.5 Å². The minimum atomic E-state index is -0.849. The molecule has 3 unspecified atom stereocenters. The first-order valence-corrected chi connectivity index (χ1v) is 13.3. The molecular weight excluding hydrogens is 482 g/mol. The summed E-state index contributed by atoms with van der Waals surface area (Å²) < 4.78 is 10.9. The summed E-state index contributed by atoms with van der Waals surface area (Å²) in [7, 11) is 0. The average Bonchev–Trinajstić information content (AvgIpc) is 3.52. The number of ether oxygens (including phenoxy) is 2. The van der Waals surface area contributed by atoms with Gasteiger partial charge in [-0.1, -0.05) is 30.3 Å². The smallest absolute Gasteiger partial charge is 0.337 e. The second-order valence-corrected chi connectivity index (χ2v) is 9.99. The molecule has 0 aliphatic carbocycles. The summed E-state index contributed by atoms with van der Waals surface area (Å²) in [5.74, 6) is -1.66. The van der Waals surface area contributed by atoms with Gasteiger partial charge in [-0.3, -0.25) is 4.79 Å². The fourth-order valence-electron chi connectivity index (χ4n) is 4.57. The molecule has 1 aromatic carbocycles. The van der Waals surface area contributed by atoms with Crippen molar-refractivity contribution in [1.29, 1.82) is 0 Å². The Kier molecular flexibility index (Phi) is 7.57. The predicted molar refractivity (Wildman–Crippen MR) is 139 cm³/mol. The van der Waals surface area contributed by atoms with Crippen LogP contribution >= 0.6 is 22.7 Å². The Bertz CT molecular complexity index is 1210. The SMILES string of the molecule is CCOC(=O)C1=C(C)NC(C)(c2ccccc2)C(C(=O)OCC)C1Nc1nc(-c2ccsc2)cs1. The molecule has 9 heteroatoms. The van der Waals surface area contributed by atoms with E-state index < -0.39 is 29.4 Å². The summed E-state index contributed by atoms with van der Waals surface area (Å²) >= 11 is 3.03. The van der Waals surface area contributed by atoms with Crippen LogP contribution in [0, 0.1) is 5.92 Å². The molecule has 1 aliphatic rings. The molecule has 2 aromatic heterocycles. The second kappa shape index (κ2) is 10.6. The van der Waals surface area contributed by atoms with Crippen LogP contribution in [0.3, 0.4) is 0 Å². The number of thiophene rings is 1. The lowest BCUT2D eigenvalue weighted by Crippen LogP contribution is -2.60. The van der Waals surface area contributed by atoms with Gasteiger partial charge in [0.2, 0.25) is 0 Å². The Balaban J connectivity index is 1.83. The minimum Gasteiger partial charge on any atom is -0.466 e. The van der Waals surface area contributed by atoms with Crippen LogP contribution in [-0.2, 0) is 24.6 Å². The van der Waals surface area contributed by atoms with Gasteiger partial charge < -0.3 is 20.1 Å². The Morgan fingerprint density at radius 2 is 1.86 bits per heavy atom. The molecule has 3 aromatic rings. The van der Waals surface area contributed by atoms with Crippen LogP contribution in [0.25, 0.3) is 11.3 Å². The largest absolute Gasteiger partial charge is 0.466 e. The monoisotopic (exact) mass is 511 g/mol. The minimum absolute atomic E-state index is 0.224. The van der Waals surface area contributed by atoms with Crippen LogP contribution in [0.2, 0.25) is 0 Å². The lowest BCUT2D eigenvalue weighted by atomic mass is 9.70. The van der Waals surface area contributed by atoms with E-state index >= 15 is 0 Å². The van der Waals surface area contributed by atoms with Gasteiger partial charge in [0.15, 0.2) is 5.13 Å². The van der Waals surface area contributed by atoms with E-state index in [1.165, 1.54) is 11.3 Å². The van der Waals surface area contributed by atoms with Crippen molar-refractivity contribution < 1.29 is 19.1 Å². The number of nitrogens with one attached hydrogen (secondary N) is 2. The first-order chi connectivity index (χ1) is 16.9. The van der Waals surface area contributed by atoms with Crippen LogP contribution in [0.15, 0.2) is 63.8 Å². The molecule has 7 nitrogen and oxygen atoms in total. The van der Waals surface area contributed by atoms with Gasteiger partial charge in [0.05, 0.1) is 36.1 Å². The van der Waals surface area contributed by atoms with Gasteiger partial charge in [0.25, 0.3) is 0 Å². The van der Waals surface area contributed by atoms with E-state index in [2.05, 4.69) is 10.6 Å². The number of carbonyl (C=O) groups is 2. The van der Waals surface area contributed by atoms with Crippen molar-refractivity contribution in [2.45, 2.75) is 39.3 Å². The third kappa shape index (κ3) is 4.97. The summed E-state index contributed by atoms with van der Waals surface area (Å²) in [6.07, 6.45) is 0. The Hall–Kier alpha value is -3.17. The van der Waals surface area contributed by atoms with E-state index in [-0.39, 0.29) is 13.2 Å². The third-order valence-electron chi connectivity index (χ3n) is 6.13. The molecule has 0 radical (unpaired) electrons. The summed E-state index contributed by atoms with van der Waals surface area (Å²) in [4.78, 5) is 31.4.